The zero-order valence-electron chi connectivity index (χ0n) is 16.7. The summed E-state index contributed by atoms with van der Waals surface area (Å²) in [5.74, 6) is -0.114. The van der Waals surface area contributed by atoms with Crippen molar-refractivity contribution in [1.29, 1.82) is 0 Å². The number of nitrogens with zero attached hydrogens (tertiary/aromatic N) is 1. The van der Waals surface area contributed by atoms with E-state index in [1.54, 1.807) is 0 Å². The van der Waals surface area contributed by atoms with Gasteiger partial charge in [0.05, 0.1) is 20.3 Å². The number of carbonyl (C=O) groups excluding carboxylic acids is 2. The van der Waals surface area contributed by atoms with Crippen molar-refractivity contribution in [3.63, 3.8) is 0 Å². The molecule has 0 bridgehead atoms. The molecule has 2 atom stereocenters. The minimum Gasteiger partial charge on any atom is -0.378 e. The van der Waals surface area contributed by atoms with Crippen molar-refractivity contribution < 1.29 is 19.2 Å². The maximum atomic E-state index is 12.2. The van der Waals surface area contributed by atoms with Crippen LogP contribution in [0.25, 0.3) is 0 Å². The Morgan fingerprint density at radius 3 is 2.41 bits per heavy atom. The van der Waals surface area contributed by atoms with Crippen molar-refractivity contribution in [2.45, 2.75) is 32.7 Å². The van der Waals surface area contributed by atoms with Gasteiger partial charge in [-0.25, -0.2) is 0 Å². The topological polar surface area (TPSA) is 75.1 Å². The van der Waals surface area contributed by atoms with Gasteiger partial charge in [0.2, 0.25) is 0 Å². The lowest BCUT2D eigenvalue weighted by Crippen LogP contribution is -3.11. The first-order chi connectivity index (χ1) is 13.0. The Morgan fingerprint density at radius 2 is 1.78 bits per heavy atom. The molecule has 3 N–H and O–H groups in total. The van der Waals surface area contributed by atoms with Crippen LogP contribution in [-0.2, 0) is 14.3 Å². The molecule has 2 amide bonds. The monoisotopic (exact) mass is 377 g/mol. The SMILES string of the molecule is CCC[C@@H](C)NC(=O)C[NH+](C)CC(=O)Nc1ccc(N2CCOCC2)cc1. The van der Waals surface area contributed by atoms with Gasteiger partial charge >= 0.3 is 0 Å². The molecule has 0 spiro atoms. The highest BCUT2D eigenvalue weighted by atomic mass is 16.5. The highest BCUT2D eigenvalue weighted by molar-refractivity contribution is 5.91. The summed E-state index contributed by atoms with van der Waals surface area (Å²) in [4.78, 5) is 27.3. The van der Waals surface area contributed by atoms with Gasteiger partial charge in [0.25, 0.3) is 11.8 Å². The molecule has 7 heteroatoms. The maximum Gasteiger partial charge on any atom is 0.279 e. The summed E-state index contributed by atoms with van der Waals surface area (Å²) in [5.41, 5.74) is 1.91. The normalized spacial score (nSPS) is 16.5. The molecular weight excluding hydrogens is 344 g/mol. The number of hydrogen-bond donors (Lipinski definition) is 3. The second kappa shape index (κ2) is 10.9. The standard InChI is InChI=1S/C20H32N4O3/c1-4-5-16(2)21-19(25)14-23(3)15-20(26)22-17-6-8-18(9-7-17)24-10-12-27-13-11-24/h6-9,16H,4-5,10-15H2,1-3H3,(H,21,25)(H,22,26)/p+1/t16-/m1/s1. The van der Waals surface area contributed by atoms with Crippen molar-refractivity contribution >= 4 is 23.2 Å². The van der Waals surface area contributed by atoms with E-state index >= 15 is 0 Å². The van der Waals surface area contributed by atoms with Gasteiger partial charge in [0, 0.05) is 30.5 Å². The van der Waals surface area contributed by atoms with E-state index in [0.717, 1.165) is 55.4 Å². The molecule has 2 rings (SSSR count). The largest absolute Gasteiger partial charge is 0.378 e. The van der Waals surface area contributed by atoms with Crippen molar-refractivity contribution in [3.05, 3.63) is 24.3 Å². The van der Waals surface area contributed by atoms with Gasteiger partial charge in [-0.3, -0.25) is 9.59 Å². The summed E-state index contributed by atoms with van der Waals surface area (Å²) in [6, 6.07) is 8.03. The minimum absolute atomic E-state index is 0.0175. The first kappa shape index (κ1) is 21.2. The number of amides is 2. The molecule has 1 fully saturated rings. The second-order valence-electron chi connectivity index (χ2n) is 7.26. The second-order valence-corrected chi connectivity index (χ2v) is 7.26. The zero-order chi connectivity index (χ0) is 19.6. The van der Waals surface area contributed by atoms with Gasteiger partial charge in [-0.1, -0.05) is 13.3 Å². The van der Waals surface area contributed by atoms with E-state index in [1.165, 1.54) is 0 Å². The van der Waals surface area contributed by atoms with Crippen molar-refractivity contribution in [3.8, 4) is 0 Å². The van der Waals surface area contributed by atoms with Gasteiger partial charge in [-0.05, 0) is 37.6 Å². The number of benzene rings is 1. The summed E-state index contributed by atoms with van der Waals surface area (Å²) < 4.78 is 5.37. The van der Waals surface area contributed by atoms with Crippen LogP contribution in [0.15, 0.2) is 24.3 Å². The maximum absolute atomic E-state index is 12.2. The van der Waals surface area contributed by atoms with E-state index in [1.807, 2.05) is 38.2 Å². The quantitative estimate of drug-likeness (QED) is 0.578. The molecule has 1 saturated heterocycles. The van der Waals surface area contributed by atoms with E-state index in [-0.39, 0.29) is 30.9 Å². The van der Waals surface area contributed by atoms with Crippen molar-refractivity contribution in [2.75, 3.05) is 56.7 Å². The predicted octanol–water partition coefficient (Wildman–Crippen LogP) is 0.281. The molecule has 7 nitrogen and oxygen atoms in total. The molecule has 27 heavy (non-hydrogen) atoms. The van der Waals surface area contributed by atoms with Crippen LogP contribution in [0.3, 0.4) is 0 Å². The van der Waals surface area contributed by atoms with Crippen LogP contribution < -0.4 is 20.4 Å². The summed E-state index contributed by atoms with van der Waals surface area (Å²) in [7, 11) is 1.85. The van der Waals surface area contributed by atoms with Gasteiger partial charge in [0.1, 0.15) is 0 Å². The molecule has 1 heterocycles. The Balaban J connectivity index is 1.75. The fraction of sp³-hybridized carbons (Fsp3) is 0.600. The zero-order valence-corrected chi connectivity index (χ0v) is 16.7. The highest BCUT2D eigenvalue weighted by Gasteiger charge is 2.16. The Bertz CT molecular complexity index is 600. The summed E-state index contributed by atoms with van der Waals surface area (Å²) in [5, 5.41) is 5.87. The van der Waals surface area contributed by atoms with Crippen LogP contribution in [-0.4, -0.2) is 64.3 Å². The van der Waals surface area contributed by atoms with Gasteiger partial charge in [-0.2, -0.15) is 0 Å². The van der Waals surface area contributed by atoms with Crippen LogP contribution in [0.2, 0.25) is 0 Å². The van der Waals surface area contributed by atoms with Crippen LogP contribution in [0.1, 0.15) is 26.7 Å². The van der Waals surface area contributed by atoms with E-state index in [2.05, 4.69) is 22.5 Å². The van der Waals surface area contributed by atoms with Crippen LogP contribution in [0, 0.1) is 0 Å². The molecule has 1 aromatic carbocycles. The lowest BCUT2D eigenvalue weighted by molar-refractivity contribution is -0.862. The summed E-state index contributed by atoms with van der Waals surface area (Å²) in [6.45, 7) is 7.91. The van der Waals surface area contributed by atoms with Crippen molar-refractivity contribution in [2.24, 2.45) is 0 Å². The third kappa shape index (κ3) is 7.56. The lowest BCUT2D eigenvalue weighted by Gasteiger charge is -2.28. The molecule has 0 saturated carbocycles. The molecule has 0 aromatic heterocycles. The molecule has 1 aliphatic rings. The number of carbonyl (C=O) groups is 2. The molecule has 1 aliphatic heterocycles. The fourth-order valence-corrected chi connectivity index (χ4v) is 3.22. The van der Waals surface area contributed by atoms with Crippen LogP contribution in [0.5, 0.6) is 0 Å². The first-order valence-corrected chi connectivity index (χ1v) is 9.81. The van der Waals surface area contributed by atoms with E-state index in [9.17, 15) is 9.59 Å². The Kier molecular flexibility index (Phi) is 8.54. The Morgan fingerprint density at radius 1 is 1.15 bits per heavy atom. The predicted molar refractivity (Wildman–Crippen MR) is 107 cm³/mol. The Labute approximate surface area is 162 Å². The number of anilines is 2. The molecule has 0 radical (unpaired) electrons. The van der Waals surface area contributed by atoms with Crippen molar-refractivity contribution in [1.82, 2.24) is 5.32 Å². The highest BCUT2D eigenvalue weighted by Crippen LogP contribution is 2.18. The van der Waals surface area contributed by atoms with Crippen LogP contribution in [0.4, 0.5) is 11.4 Å². The average Bonchev–Trinajstić information content (AvgIpc) is 2.62. The third-order valence-electron chi connectivity index (χ3n) is 4.58. The first-order valence-electron chi connectivity index (χ1n) is 9.81. The van der Waals surface area contributed by atoms with Gasteiger partial charge in [0.15, 0.2) is 13.1 Å². The summed E-state index contributed by atoms with van der Waals surface area (Å²) in [6.07, 6.45) is 2.00. The number of ether oxygens (including phenoxy) is 1. The third-order valence-corrected chi connectivity index (χ3v) is 4.58. The number of nitrogens with one attached hydrogen (secondary N) is 3. The number of hydrogen-bond acceptors (Lipinski definition) is 4. The molecule has 0 aliphatic carbocycles. The van der Waals surface area contributed by atoms with E-state index < -0.39 is 0 Å². The van der Waals surface area contributed by atoms with E-state index in [4.69, 9.17) is 4.74 Å². The molecule has 150 valence electrons. The number of quaternary nitrogens is 1. The van der Waals surface area contributed by atoms with E-state index in [0.29, 0.717) is 0 Å². The van der Waals surface area contributed by atoms with Gasteiger partial charge in [-0.15, -0.1) is 0 Å². The van der Waals surface area contributed by atoms with Gasteiger partial charge < -0.3 is 25.2 Å². The average molecular weight is 378 g/mol. The molecule has 1 aromatic rings. The number of morpholine rings is 1. The number of likely N-dealkylation sites (N-methyl/N-ethyl adjacent to an activating group) is 1. The lowest BCUT2D eigenvalue weighted by atomic mass is 10.2. The summed E-state index contributed by atoms with van der Waals surface area (Å²) >= 11 is 0. The smallest absolute Gasteiger partial charge is 0.279 e. The van der Waals surface area contributed by atoms with Crippen LogP contribution >= 0.6 is 0 Å². The molecular formula is C20H33N4O3+. The minimum atomic E-state index is -0.0963. The fourth-order valence-electron chi connectivity index (χ4n) is 3.22. The molecule has 1 unspecified atom stereocenters. The Hall–Kier alpha value is -2.12. The number of rotatable bonds is 9.